The van der Waals surface area contributed by atoms with Crippen LogP contribution in [0, 0.1) is 0 Å². The molecule has 0 aromatic carbocycles. The first-order chi connectivity index (χ1) is 10.5. The van der Waals surface area contributed by atoms with E-state index in [1.165, 1.54) is 6.42 Å². The molecule has 2 aromatic heterocycles. The Kier molecular flexibility index (Phi) is 3.16. The van der Waals surface area contributed by atoms with Crippen molar-refractivity contribution in [1.29, 1.82) is 0 Å². The summed E-state index contributed by atoms with van der Waals surface area (Å²) in [5, 5.41) is 5.26. The average Bonchev–Trinajstić information content (AvgIpc) is 2.63. The van der Waals surface area contributed by atoms with Gasteiger partial charge in [0.25, 0.3) is 0 Å². The molecule has 0 aliphatic heterocycles. The second kappa shape index (κ2) is 4.96. The monoisotopic (exact) mass is 309 g/mol. The number of nitrogens with zero attached hydrogens (tertiary/aromatic N) is 3. The molecule has 0 N–H and O–H groups in total. The summed E-state index contributed by atoms with van der Waals surface area (Å²) in [5.41, 5.74) is 2.41. The zero-order chi connectivity index (χ0) is 15.3. The highest BCUT2D eigenvalue weighted by molar-refractivity contribution is 5.85. The highest BCUT2D eigenvalue weighted by atomic mass is 19.4. The number of rotatable bonds is 3. The van der Waals surface area contributed by atoms with Crippen LogP contribution in [0.25, 0.3) is 10.9 Å². The number of pyridine rings is 1. The molecule has 3 nitrogen and oxygen atoms in total. The van der Waals surface area contributed by atoms with Gasteiger partial charge in [-0.15, -0.1) is 0 Å². The average molecular weight is 309 g/mol. The Morgan fingerprint density at radius 2 is 1.68 bits per heavy atom. The maximum atomic E-state index is 12.8. The topological polar surface area (TPSA) is 30.7 Å². The summed E-state index contributed by atoms with van der Waals surface area (Å²) >= 11 is 0. The third-order valence-electron chi connectivity index (χ3n) is 5.03. The first kappa shape index (κ1) is 14.0. The molecule has 118 valence electrons. The molecule has 22 heavy (non-hydrogen) atoms. The van der Waals surface area contributed by atoms with Crippen molar-refractivity contribution in [1.82, 2.24) is 14.8 Å². The number of alkyl halides is 3. The predicted molar refractivity (Wildman–Crippen MR) is 76.8 cm³/mol. The standard InChI is InChI=1S/C16H18F3N3/c17-16(18,19)9-22-12-7-8-20-14(10-3-1-4-10)13(12)15(21-22)11-5-2-6-11/h7-8,10-11H,1-6,9H2. The molecule has 0 radical (unpaired) electrons. The molecular formula is C16H18F3N3. The molecule has 2 aromatic rings. The van der Waals surface area contributed by atoms with Gasteiger partial charge in [0.2, 0.25) is 0 Å². The molecule has 0 bridgehead atoms. The Hall–Kier alpha value is -1.59. The minimum Gasteiger partial charge on any atom is -0.260 e. The fourth-order valence-corrected chi connectivity index (χ4v) is 3.43. The highest BCUT2D eigenvalue weighted by Crippen LogP contribution is 2.44. The molecule has 2 aliphatic carbocycles. The van der Waals surface area contributed by atoms with Crippen LogP contribution in [0.15, 0.2) is 12.3 Å². The number of fused-ring (bicyclic) bond motifs is 1. The fourth-order valence-electron chi connectivity index (χ4n) is 3.43. The van der Waals surface area contributed by atoms with E-state index in [0.29, 0.717) is 17.4 Å². The summed E-state index contributed by atoms with van der Waals surface area (Å²) < 4.78 is 39.6. The first-order valence-electron chi connectivity index (χ1n) is 7.95. The van der Waals surface area contributed by atoms with Crippen molar-refractivity contribution in [2.75, 3.05) is 0 Å². The normalized spacial score (nSPS) is 20.1. The third-order valence-corrected chi connectivity index (χ3v) is 5.03. The van der Waals surface area contributed by atoms with E-state index in [4.69, 9.17) is 0 Å². The summed E-state index contributed by atoms with van der Waals surface area (Å²) in [7, 11) is 0. The fraction of sp³-hybridized carbons (Fsp3) is 0.625. The van der Waals surface area contributed by atoms with Crippen molar-refractivity contribution in [3.63, 3.8) is 0 Å². The largest absolute Gasteiger partial charge is 0.408 e. The molecule has 0 amide bonds. The lowest BCUT2D eigenvalue weighted by molar-refractivity contribution is -0.141. The van der Waals surface area contributed by atoms with E-state index in [1.54, 1.807) is 12.3 Å². The smallest absolute Gasteiger partial charge is 0.260 e. The molecule has 0 unspecified atom stereocenters. The maximum Gasteiger partial charge on any atom is 0.408 e. The van der Waals surface area contributed by atoms with Crippen molar-refractivity contribution in [3.05, 3.63) is 23.7 Å². The molecule has 2 aliphatic rings. The van der Waals surface area contributed by atoms with Crippen LogP contribution in [0.2, 0.25) is 0 Å². The van der Waals surface area contributed by atoms with Crippen molar-refractivity contribution < 1.29 is 13.2 Å². The van der Waals surface area contributed by atoms with Gasteiger partial charge in [-0.25, -0.2) is 0 Å². The Labute approximate surface area is 126 Å². The Morgan fingerprint density at radius 3 is 2.23 bits per heavy atom. The van der Waals surface area contributed by atoms with E-state index in [9.17, 15) is 13.2 Å². The van der Waals surface area contributed by atoms with Crippen molar-refractivity contribution in [2.24, 2.45) is 0 Å². The minimum absolute atomic E-state index is 0.306. The number of aromatic nitrogens is 3. The van der Waals surface area contributed by atoms with Crippen LogP contribution in [-0.4, -0.2) is 20.9 Å². The third kappa shape index (κ3) is 2.29. The van der Waals surface area contributed by atoms with Gasteiger partial charge in [0.05, 0.1) is 16.9 Å². The lowest BCUT2D eigenvalue weighted by Gasteiger charge is -2.27. The first-order valence-corrected chi connectivity index (χ1v) is 7.95. The lowest BCUT2D eigenvalue weighted by Crippen LogP contribution is -2.19. The van der Waals surface area contributed by atoms with Crippen LogP contribution < -0.4 is 0 Å². The predicted octanol–water partition coefficient (Wildman–Crippen LogP) is 4.53. The van der Waals surface area contributed by atoms with Gasteiger partial charge in [0.1, 0.15) is 6.54 Å². The van der Waals surface area contributed by atoms with E-state index in [-0.39, 0.29) is 0 Å². The van der Waals surface area contributed by atoms with Gasteiger partial charge in [0.15, 0.2) is 0 Å². The van der Waals surface area contributed by atoms with E-state index in [0.717, 1.165) is 53.6 Å². The van der Waals surface area contributed by atoms with E-state index in [1.807, 2.05) is 0 Å². The second-order valence-electron chi connectivity index (χ2n) is 6.50. The van der Waals surface area contributed by atoms with Gasteiger partial charge in [-0.3, -0.25) is 9.67 Å². The van der Waals surface area contributed by atoms with E-state index < -0.39 is 12.7 Å². The Balaban J connectivity index is 1.87. The minimum atomic E-state index is -4.25. The summed E-state index contributed by atoms with van der Waals surface area (Å²) in [5.74, 6) is 0.700. The zero-order valence-electron chi connectivity index (χ0n) is 12.2. The summed E-state index contributed by atoms with van der Waals surface area (Å²) in [6, 6.07) is 1.68. The zero-order valence-corrected chi connectivity index (χ0v) is 12.2. The van der Waals surface area contributed by atoms with Crippen LogP contribution in [0.5, 0.6) is 0 Å². The van der Waals surface area contributed by atoms with Gasteiger partial charge in [0, 0.05) is 23.4 Å². The molecule has 2 fully saturated rings. The van der Waals surface area contributed by atoms with Crippen LogP contribution >= 0.6 is 0 Å². The van der Waals surface area contributed by atoms with E-state index in [2.05, 4.69) is 10.1 Å². The Bertz CT molecular complexity index is 696. The molecule has 2 saturated carbocycles. The van der Waals surface area contributed by atoms with Gasteiger partial charge in [-0.05, 0) is 31.7 Å². The summed E-state index contributed by atoms with van der Waals surface area (Å²) in [4.78, 5) is 4.51. The Morgan fingerprint density at radius 1 is 1.05 bits per heavy atom. The molecule has 0 atom stereocenters. The SMILES string of the molecule is FC(F)(F)Cn1nc(C2CCC2)c2c(C3CCC3)nccc21. The number of hydrogen-bond acceptors (Lipinski definition) is 2. The van der Waals surface area contributed by atoms with Gasteiger partial charge >= 0.3 is 6.18 Å². The van der Waals surface area contributed by atoms with Crippen molar-refractivity contribution >= 4 is 10.9 Å². The van der Waals surface area contributed by atoms with Crippen molar-refractivity contribution in [3.8, 4) is 0 Å². The molecular weight excluding hydrogens is 291 g/mol. The number of halogens is 3. The van der Waals surface area contributed by atoms with Gasteiger partial charge in [-0.2, -0.15) is 18.3 Å². The number of hydrogen-bond donors (Lipinski definition) is 0. The second-order valence-corrected chi connectivity index (χ2v) is 6.50. The quantitative estimate of drug-likeness (QED) is 0.834. The molecule has 4 rings (SSSR count). The van der Waals surface area contributed by atoms with E-state index >= 15 is 0 Å². The van der Waals surface area contributed by atoms with Gasteiger partial charge < -0.3 is 0 Å². The lowest BCUT2D eigenvalue weighted by atomic mass is 9.78. The molecule has 0 saturated heterocycles. The summed E-state index contributed by atoms with van der Waals surface area (Å²) in [6.07, 6.45) is 3.91. The summed E-state index contributed by atoms with van der Waals surface area (Å²) in [6.45, 7) is -1.02. The maximum absolute atomic E-state index is 12.8. The molecule has 6 heteroatoms. The van der Waals surface area contributed by atoms with Crippen molar-refractivity contribution in [2.45, 2.75) is 63.1 Å². The van der Waals surface area contributed by atoms with Crippen LogP contribution in [-0.2, 0) is 6.54 Å². The van der Waals surface area contributed by atoms with Gasteiger partial charge in [-0.1, -0.05) is 12.8 Å². The molecule has 0 spiro atoms. The highest BCUT2D eigenvalue weighted by Gasteiger charge is 2.34. The van der Waals surface area contributed by atoms with Crippen LogP contribution in [0.4, 0.5) is 13.2 Å². The van der Waals surface area contributed by atoms with Crippen LogP contribution in [0.1, 0.15) is 61.7 Å². The molecule has 2 heterocycles. The van der Waals surface area contributed by atoms with Crippen LogP contribution in [0.3, 0.4) is 0 Å².